The number of aliphatic carboxylic acids is 1. The van der Waals surface area contributed by atoms with E-state index in [4.69, 9.17) is 27.9 Å². The highest BCUT2D eigenvalue weighted by atomic mass is 35.5. The second kappa shape index (κ2) is 10.1. The molecule has 0 saturated carbocycles. The van der Waals surface area contributed by atoms with Crippen molar-refractivity contribution in [3.05, 3.63) is 27.7 Å². The lowest BCUT2D eigenvalue weighted by molar-refractivity contribution is -0.148. The Hall–Kier alpha value is -1.01. The molecule has 0 radical (unpaired) electrons. The first kappa shape index (κ1) is 23.6. The molecule has 1 aromatic rings. The van der Waals surface area contributed by atoms with E-state index in [0.717, 1.165) is 69.7 Å². The molecule has 0 atom stereocenters. The van der Waals surface area contributed by atoms with Gasteiger partial charge in [0.15, 0.2) is 0 Å². The lowest BCUT2D eigenvalue weighted by Crippen LogP contribution is -2.46. The molecule has 0 aromatic heterocycles. The maximum absolute atomic E-state index is 11.4. The number of rotatable bonds is 7. The van der Waals surface area contributed by atoms with Gasteiger partial charge >= 0.3 is 5.97 Å². The van der Waals surface area contributed by atoms with Crippen LogP contribution < -0.4 is 4.74 Å². The molecule has 168 valence electrons. The third-order valence-corrected chi connectivity index (χ3v) is 7.41. The first-order chi connectivity index (χ1) is 14.2. The van der Waals surface area contributed by atoms with Crippen LogP contribution in [0.5, 0.6) is 5.75 Å². The number of carboxylic acids is 1. The summed E-state index contributed by atoms with van der Waals surface area (Å²) in [6.07, 6.45) is 4.49. The van der Waals surface area contributed by atoms with Crippen molar-refractivity contribution in [2.24, 2.45) is 11.3 Å². The molecule has 2 aliphatic rings. The molecule has 0 spiro atoms. The monoisotopic (exact) mass is 456 g/mol. The van der Waals surface area contributed by atoms with E-state index in [1.165, 1.54) is 0 Å². The molecule has 2 heterocycles. The smallest absolute Gasteiger partial charge is 0.310 e. The van der Waals surface area contributed by atoms with Crippen LogP contribution in [-0.2, 0) is 4.79 Å². The summed E-state index contributed by atoms with van der Waals surface area (Å²) >= 11 is 12.5. The van der Waals surface area contributed by atoms with E-state index >= 15 is 0 Å². The van der Waals surface area contributed by atoms with Crippen molar-refractivity contribution in [3.8, 4) is 5.75 Å². The molecular weight excluding hydrogens is 423 g/mol. The van der Waals surface area contributed by atoms with Crippen molar-refractivity contribution in [3.63, 3.8) is 0 Å². The quantitative estimate of drug-likeness (QED) is 0.627. The van der Waals surface area contributed by atoms with E-state index in [1.807, 2.05) is 32.9 Å². The molecule has 1 N–H and O–H groups in total. The van der Waals surface area contributed by atoms with Crippen LogP contribution in [0.15, 0.2) is 12.1 Å². The van der Waals surface area contributed by atoms with Gasteiger partial charge in [-0.3, -0.25) is 4.79 Å². The topological polar surface area (TPSA) is 53.0 Å². The predicted octanol–water partition coefficient (Wildman–Crippen LogP) is 4.97. The van der Waals surface area contributed by atoms with Crippen molar-refractivity contribution in [1.29, 1.82) is 0 Å². The van der Waals surface area contributed by atoms with Gasteiger partial charge in [0, 0.05) is 31.2 Å². The van der Waals surface area contributed by atoms with E-state index in [2.05, 4.69) is 9.80 Å². The maximum Gasteiger partial charge on any atom is 0.310 e. The van der Waals surface area contributed by atoms with Crippen LogP contribution in [0.2, 0.25) is 10.0 Å². The van der Waals surface area contributed by atoms with Gasteiger partial charge in [-0.05, 0) is 83.2 Å². The van der Waals surface area contributed by atoms with Crippen molar-refractivity contribution in [2.45, 2.75) is 52.6 Å². The second-order valence-corrected chi connectivity index (χ2v) is 10.3. The molecule has 2 saturated heterocycles. The van der Waals surface area contributed by atoms with Crippen LogP contribution >= 0.6 is 23.2 Å². The zero-order valence-corrected chi connectivity index (χ0v) is 19.8. The fraction of sp³-hybridized carbons (Fsp3) is 0.696. The number of carboxylic acid groups (broad SMARTS) is 1. The van der Waals surface area contributed by atoms with E-state index in [9.17, 15) is 9.90 Å². The Morgan fingerprint density at radius 2 is 1.70 bits per heavy atom. The number of piperidine rings is 2. The average molecular weight is 457 g/mol. The normalized spacial score (nSPS) is 20.4. The zero-order chi connectivity index (χ0) is 21.9. The van der Waals surface area contributed by atoms with Crippen LogP contribution in [0, 0.1) is 18.3 Å². The summed E-state index contributed by atoms with van der Waals surface area (Å²) in [6, 6.07) is 3.71. The van der Waals surface area contributed by atoms with Gasteiger partial charge in [0.2, 0.25) is 0 Å². The largest absolute Gasteiger partial charge is 0.489 e. The summed E-state index contributed by atoms with van der Waals surface area (Å²) in [6.45, 7) is 11.4. The fourth-order valence-electron chi connectivity index (χ4n) is 4.44. The third kappa shape index (κ3) is 6.03. The van der Waals surface area contributed by atoms with Gasteiger partial charge in [-0.2, -0.15) is 0 Å². The number of carbonyl (C=O) groups is 1. The highest BCUT2D eigenvalue weighted by molar-refractivity contribution is 6.36. The van der Waals surface area contributed by atoms with Crippen LogP contribution in [0.25, 0.3) is 0 Å². The first-order valence-corrected chi connectivity index (χ1v) is 11.7. The second-order valence-electron chi connectivity index (χ2n) is 9.51. The Bertz CT molecular complexity index is 740. The third-order valence-electron chi connectivity index (χ3n) is 6.53. The lowest BCUT2D eigenvalue weighted by Gasteiger charge is -2.39. The summed E-state index contributed by atoms with van der Waals surface area (Å²) in [5.41, 5.74) is 0.187. The van der Waals surface area contributed by atoms with Crippen LogP contribution in [-0.4, -0.2) is 66.2 Å². The number of ether oxygens (including phenoxy) is 1. The van der Waals surface area contributed by atoms with Gasteiger partial charge in [-0.1, -0.05) is 23.2 Å². The van der Waals surface area contributed by atoms with Gasteiger partial charge in [0.1, 0.15) is 11.9 Å². The van der Waals surface area contributed by atoms with E-state index in [1.54, 1.807) is 0 Å². The number of hydrogen-bond donors (Lipinski definition) is 1. The van der Waals surface area contributed by atoms with Crippen LogP contribution in [0.3, 0.4) is 0 Å². The van der Waals surface area contributed by atoms with Gasteiger partial charge < -0.3 is 19.6 Å². The summed E-state index contributed by atoms with van der Waals surface area (Å²) in [5.74, 6) is 0.707. The van der Waals surface area contributed by atoms with Gasteiger partial charge in [-0.25, -0.2) is 0 Å². The summed E-state index contributed by atoms with van der Waals surface area (Å²) in [7, 11) is 0. The summed E-state index contributed by atoms with van der Waals surface area (Å²) in [5, 5.41) is 10.6. The Morgan fingerprint density at radius 3 is 2.30 bits per heavy atom. The molecular formula is C23H34Cl2N2O3. The van der Waals surface area contributed by atoms with Gasteiger partial charge in [-0.15, -0.1) is 0 Å². The van der Waals surface area contributed by atoms with Crippen molar-refractivity contribution < 1.29 is 14.6 Å². The highest BCUT2D eigenvalue weighted by Gasteiger charge is 2.32. The summed E-state index contributed by atoms with van der Waals surface area (Å²) in [4.78, 5) is 16.2. The standard InChI is InChI=1S/C23H34Cl2N2O3/c1-16-19(24)4-5-20(21(16)25)30-18-8-12-26(13-9-18)14-17-6-10-27(11-7-17)15-23(2,3)22(28)29/h4-5,17-18H,6-15H2,1-3H3,(H,28,29). The molecule has 0 unspecified atom stereocenters. The maximum atomic E-state index is 11.4. The molecule has 7 heteroatoms. The molecule has 1 aromatic carbocycles. The van der Waals surface area contributed by atoms with Crippen molar-refractivity contribution in [2.75, 3.05) is 39.3 Å². The molecule has 2 aliphatic heterocycles. The predicted molar refractivity (Wildman–Crippen MR) is 122 cm³/mol. The molecule has 0 bridgehead atoms. The number of halogens is 2. The number of hydrogen-bond acceptors (Lipinski definition) is 4. The Labute approximate surface area is 190 Å². The number of nitrogens with zero attached hydrogens (tertiary/aromatic N) is 2. The zero-order valence-electron chi connectivity index (χ0n) is 18.3. The molecule has 0 aliphatic carbocycles. The van der Waals surface area contributed by atoms with E-state index in [0.29, 0.717) is 22.5 Å². The van der Waals surface area contributed by atoms with E-state index < -0.39 is 11.4 Å². The average Bonchev–Trinajstić information content (AvgIpc) is 2.71. The number of benzene rings is 1. The number of likely N-dealkylation sites (tertiary alicyclic amines) is 2. The fourth-order valence-corrected chi connectivity index (χ4v) is 4.85. The van der Waals surface area contributed by atoms with E-state index in [-0.39, 0.29) is 6.10 Å². The van der Waals surface area contributed by atoms with Crippen molar-refractivity contribution >= 4 is 29.2 Å². The van der Waals surface area contributed by atoms with Crippen LogP contribution in [0.1, 0.15) is 45.1 Å². The molecule has 2 fully saturated rings. The SMILES string of the molecule is Cc1c(Cl)ccc(OC2CCN(CC3CCN(CC(C)(C)C(=O)O)CC3)CC2)c1Cl. The van der Waals surface area contributed by atoms with Gasteiger partial charge in [0.25, 0.3) is 0 Å². The molecule has 30 heavy (non-hydrogen) atoms. The minimum Gasteiger partial charge on any atom is -0.489 e. The Morgan fingerprint density at radius 1 is 1.10 bits per heavy atom. The van der Waals surface area contributed by atoms with Gasteiger partial charge in [0.05, 0.1) is 10.4 Å². The van der Waals surface area contributed by atoms with Crippen molar-refractivity contribution in [1.82, 2.24) is 9.80 Å². The molecule has 0 amide bonds. The molecule has 3 rings (SSSR count). The summed E-state index contributed by atoms with van der Waals surface area (Å²) < 4.78 is 6.17. The minimum atomic E-state index is -0.718. The van der Waals surface area contributed by atoms with Crippen LogP contribution in [0.4, 0.5) is 0 Å². The lowest BCUT2D eigenvalue weighted by atomic mass is 9.90. The highest BCUT2D eigenvalue weighted by Crippen LogP contribution is 2.34. The minimum absolute atomic E-state index is 0.194. The Balaban J connectivity index is 1.40. The Kier molecular flexibility index (Phi) is 7.94. The first-order valence-electron chi connectivity index (χ1n) is 10.9. The molecule has 5 nitrogen and oxygen atoms in total.